The van der Waals surface area contributed by atoms with Crippen molar-refractivity contribution in [2.45, 2.75) is 9.79 Å². The van der Waals surface area contributed by atoms with Gasteiger partial charge in [0.25, 0.3) is 0 Å². The van der Waals surface area contributed by atoms with Gasteiger partial charge in [0, 0.05) is 33.0 Å². The molecule has 0 aliphatic rings. The minimum atomic E-state index is 1.04. The molecule has 2 rings (SSSR count). The Morgan fingerprint density at radius 1 is 0.706 bits per heavy atom. The monoisotopic (exact) mass is 390 g/mol. The van der Waals surface area contributed by atoms with E-state index in [4.69, 9.17) is 3.63 Å². The molecule has 0 unspecified atom stereocenters. The first kappa shape index (κ1) is 13.5. The average Bonchev–Trinajstić information content (AvgIpc) is 2.34. The smallest absolute Gasteiger partial charge is 0.0508 e. The molecule has 0 aliphatic carbocycles. The van der Waals surface area contributed by atoms with Gasteiger partial charge in [0.05, 0.1) is 9.79 Å². The molecule has 0 bridgehead atoms. The van der Waals surface area contributed by atoms with Crippen molar-refractivity contribution >= 4 is 55.9 Å². The Hall–Kier alpha value is 0.0600. The maximum atomic E-state index is 5.54. The van der Waals surface area contributed by atoms with Crippen LogP contribution in [0.1, 0.15) is 0 Å². The van der Waals surface area contributed by atoms with Crippen LogP contribution in [-0.4, -0.2) is 0 Å². The average molecular weight is 392 g/mol. The van der Waals surface area contributed by atoms with E-state index in [1.165, 1.54) is 24.1 Å². The summed E-state index contributed by atoms with van der Waals surface area (Å²) in [6, 6.07) is 15.9. The molecule has 0 amide bonds. The molecule has 0 atom stereocenters. The first-order valence-corrected chi connectivity index (χ1v) is 7.84. The third kappa shape index (κ3) is 4.03. The number of hydrogen-bond acceptors (Lipinski definition) is 3. The van der Waals surface area contributed by atoms with E-state index in [1.807, 2.05) is 48.5 Å². The van der Waals surface area contributed by atoms with Gasteiger partial charge in [-0.25, -0.2) is 3.63 Å². The lowest BCUT2D eigenvalue weighted by molar-refractivity contribution is 0.755. The molecule has 5 heteroatoms. The Morgan fingerprint density at radius 2 is 1.12 bits per heavy atom. The molecule has 1 nitrogen and oxygen atoms in total. The van der Waals surface area contributed by atoms with Gasteiger partial charge in [-0.3, -0.25) is 0 Å². The van der Waals surface area contributed by atoms with Crippen LogP contribution < -0.4 is 0 Å². The topological polar surface area (TPSA) is 9.23 Å². The Morgan fingerprint density at radius 3 is 1.53 bits per heavy atom. The minimum absolute atomic E-state index is 1.04. The van der Waals surface area contributed by atoms with Gasteiger partial charge < -0.3 is 0 Å². The lowest BCUT2D eigenvalue weighted by Gasteiger charge is -2.04. The molecular formula is C12H8Br2OS2. The zero-order valence-corrected chi connectivity index (χ0v) is 13.4. The number of benzene rings is 2. The molecule has 0 radical (unpaired) electrons. The van der Waals surface area contributed by atoms with Crippen molar-refractivity contribution in [3.05, 3.63) is 57.5 Å². The van der Waals surface area contributed by atoms with E-state index < -0.39 is 0 Å². The summed E-state index contributed by atoms with van der Waals surface area (Å²) in [6.07, 6.45) is 0. The van der Waals surface area contributed by atoms with Crippen molar-refractivity contribution in [2.75, 3.05) is 0 Å². The van der Waals surface area contributed by atoms with Gasteiger partial charge in [-0.2, -0.15) is 0 Å². The van der Waals surface area contributed by atoms with Gasteiger partial charge in [0.15, 0.2) is 0 Å². The molecule has 0 fully saturated rings. The normalized spacial score (nSPS) is 10.5. The molecule has 2 aromatic rings. The standard InChI is InChI=1S/C12H8Br2OS2/c13-9-5-1-3-7-11(9)16-15-17-12-8-4-2-6-10(12)14/h1-8H. The summed E-state index contributed by atoms with van der Waals surface area (Å²) < 4.78 is 7.62. The van der Waals surface area contributed by atoms with Crippen LogP contribution in [0, 0.1) is 0 Å². The van der Waals surface area contributed by atoms with Crippen LogP contribution in [0.5, 0.6) is 0 Å². The Kier molecular flexibility index (Phi) is 5.44. The first-order chi connectivity index (χ1) is 8.27. The summed E-state index contributed by atoms with van der Waals surface area (Å²) in [7, 11) is 0. The molecule has 0 aliphatic heterocycles. The zero-order valence-electron chi connectivity index (χ0n) is 8.60. The summed E-state index contributed by atoms with van der Waals surface area (Å²) in [5.74, 6) is 0. The van der Waals surface area contributed by atoms with E-state index in [0.29, 0.717) is 0 Å². The Labute approximate surface area is 126 Å². The molecule has 17 heavy (non-hydrogen) atoms. The second-order valence-corrected chi connectivity index (χ2v) is 6.56. The fourth-order valence-electron chi connectivity index (χ4n) is 1.11. The van der Waals surface area contributed by atoms with Gasteiger partial charge >= 0.3 is 0 Å². The molecule has 0 spiro atoms. The maximum Gasteiger partial charge on any atom is 0.0508 e. The zero-order chi connectivity index (χ0) is 12.1. The highest BCUT2D eigenvalue weighted by molar-refractivity contribution is 9.10. The van der Waals surface area contributed by atoms with Crippen LogP contribution >= 0.6 is 55.9 Å². The molecule has 88 valence electrons. The van der Waals surface area contributed by atoms with Crippen molar-refractivity contribution in [1.82, 2.24) is 0 Å². The fraction of sp³-hybridized carbons (Fsp3) is 0. The highest BCUT2D eigenvalue weighted by Gasteiger charge is 2.03. The van der Waals surface area contributed by atoms with E-state index >= 15 is 0 Å². The van der Waals surface area contributed by atoms with E-state index in [1.54, 1.807) is 0 Å². The lowest BCUT2D eigenvalue weighted by atomic mass is 10.4. The number of halogens is 2. The van der Waals surface area contributed by atoms with E-state index in [9.17, 15) is 0 Å². The maximum absolute atomic E-state index is 5.54. The second kappa shape index (κ2) is 6.85. The van der Waals surface area contributed by atoms with Crippen LogP contribution in [0.4, 0.5) is 0 Å². The minimum Gasteiger partial charge on any atom is -0.237 e. The summed E-state index contributed by atoms with van der Waals surface area (Å²) >= 11 is 9.65. The fourth-order valence-corrected chi connectivity index (χ4v) is 3.37. The van der Waals surface area contributed by atoms with Crippen molar-refractivity contribution in [3.8, 4) is 0 Å². The van der Waals surface area contributed by atoms with Crippen LogP contribution in [0.15, 0.2) is 67.3 Å². The van der Waals surface area contributed by atoms with Gasteiger partial charge in [-0.1, -0.05) is 24.3 Å². The molecular weight excluding hydrogens is 384 g/mol. The largest absolute Gasteiger partial charge is 0.237 e. The first-order valence-electron chi connectivity index (χ1n) is 4.77. The predicted octanol–water partition coefficient (Wildman–Crippen LogP) is 5.94. The van der Waals surface area contributed by atoms with Crippen LogP contribution in [0.2, 0.25) is 0 Å². The third-order valence-electron chi connectivity index (χ3n) is 1.92. The van der Waals surface area contributed by atoms with Crippen LogP contribution in [0.25, 0.3) is 0 Å². The van der Waals surface area contributed by atoms with E-state index in [2.05, 4.69) is 31.9 Å². The van der Waals surface area contributed by atoms with Gasteiger partial charge in [-0.05, 0) is 56.1 Å². The third-order valence-corrected chi connectivity index (χ3v) is 5.44. The van der Waals surface area contributed by atoms with Crippen molar-refractivity contribution in [1.29, 1.82) is 0 Å². The molecule has 0 N–H and O–H groups in total. The van der Waals surface area contributed by atoms with Gasteiger partial charge in [-0.15, -0.1) is 0 Å². The Bertz CT molecular complexity index is 460. The van der Waals surface area contributed by atoms with Crippen molar-refractivity contribution < 1.29 is 3.63 Å². The molecule has 2 aromatic carbocycles. The number of rotatable bonds is 4. The summed E-state index contributed by atoms with van der Waals surface area (Å²) in [5, 5.41) is 0. The SMILES string of the molecule is Brc1ccccc1SOSc1ccccc1Br. The predicted molar refractivity (Wildman–Crippen MR) is 81.1 cm³/mol. The highest BCUT2D eigenvalue weighted by Crippen LogP contribution is 2.36. The van der Waals surface area contributed by atoms with Gasteiger partial charge in [0.2, 0.25) is 0 Å². The van der Waals surface area contributed by atoms with Crippen LogP contribution in [-0.2, 0) is 3.63 Å². The highest BCUT2D eigenvalue weighted by atomic mass is 79.9. The number of hydrogen-bond donors (Lipinski definition) is 0. The summed E-state index contributed by atoms with van der Waals surface area (Å²) in [6.45, 7) is 0. The van der Waals surface area contributed by atoms with Crippen molar-refractivity contribution in [2.24, 2.45) is 0 Å². The molecule has 0 aromatic heterocycles. The molecule has 0 heterocycles. The van der Waals surface area contributed by atoms with Crippen LogP contribution in [0.3, 0.4) is 0 Å². The van der Waals surface area contributed by atoms with Gasteiger partial charge in [0.1, 0.15) is 0 Å². The second-order valence-electron chi connectivity index (χ2n) is 3.10. The quantitative estimate of drug-likeness (QED) is 0.596. The molecule has 0 saturated carbocycles. The summed E-state index contributed by atoms with van der Waals surface area (Å²) in [5.41, 5.74) is 0. The summed E-state index contributed by atoms with van der Waals surface area (Å²) in [4.78, 5) is 2.12. The Balaban J connectivity index is 1.93. The van der Waals surface area contributed by atoms with E-state index in [-0.39, 0.29) is 0 Å². The molecule has 0 saturated heterocycles. The van der Waals surface area contributed by atoms with E-state index in [0.717, 1.165) is 18.7 Å². The lowest BCUT2D eigenvalue weighted by Crippen LogP contribution is -1.76. The van der Waals surface area contributed by atoms with Crippen molar-refractivity contribution in [3.63, 3.8) is 0 Å².